The molecule has 1 saturated heterocycles. The first-order valence-electron chi connectivity index (χ1n) is 11.6. The summed E-state index contributed by atoms with van der Waals surface area (Å²) in [6, 6.07) is 9.88. The van der Waals surface area contributed by atoms with Crippen molar-refractivity contribution in [3.05, 3.63) is 40.2 Å². The number of amides is 1. The van der Waals surface area contributed by atoms with Crippen LogP contribution in [0.4, 0.5) is 17.5 Å². The molecule has 2 N–H and O–H groups in total. The van der Waals surface area contributed by atoms with Crippen LogP contribution in [0.15, 0.2) is 18.3 Å². The maximum Gasteiger partial charge on any atom is 0.247 e. The van der Waals surface area contributed by atoms with Gasteiger partial charge in [-0.15, -0.1) is 5.10 Å². The Morgan fingerprint density at radius 3 is 2.58 bits per heavy atom. The van der Waals surface area contributed by atoms with Gasteiger partial charge in [-0.3, -0.25) is 4.79 Å². The molecule has 0 unspecified atom stereocenters. The van der Waals surface area contributed by atoms with Gasteiger partial charge in [0.15, 0.2) is 17.2 Å². The van der Waals surface area contributed by atoms with E-state index < -0.39 is 0 Å². The molecule has 0 atom stereocenters. The standard InChI is InChI=1S/C24H21ClN10O/c25-21-18(15-4-7-34(8-5-15)20(36)3-6-26)9-14(11-27)10-19(21)31-24-32-22(30-16-1-2-16)23-29-13-17(12-28)35(23)33-24/h9-10,13,15-16H,1-5,7-8H2,(H2,30,31,32,33). The number of carbonyl (C=O) groups excluding carboxylic acids is 1. The summed E-state index contributed by atoms with van der Waals surface area (Å²) in [6.45, 7) is 1.04. The van der Waals surface area contributed by atoms with Crippen LogP contribution < -0.4 is 10.6 Å². The van der Waals surface area contributed by atoms with E-state index in [1.165, 1.54) is 10.7 Å². The fourth-order valence-electron chi connectivity index (χ4n) is 4.37. The van der Waals surface area contributed by atoms with Crippen LogP contribution in [0.3, 0.4) is 0 Å². The summed E-state index contributed by atoms with van der Waals surface area (Å²) in [5.41, 5.74) is 2.44. The van der Waals surface area contributed by atoms with Crippen LogP contribution in [0.1, 0.15) is 54.8 Å². The van der Waals surface area contributed by atoms with Crippen molar-refractivity contribution < 1.29 is 4.79 Å². The first kappa shape index (κ1) is 23.3. The zero-order chi connectivity index (χ0) is 25.2. The van der Waals surface area contributed by atoms with Gasteiger partial charge >= 0.3 is 0 Å². The van der Waals surface area contributed by atoms with Crippen LogP contribution in [-0.4, -0.2) is 49.5 Å². The number of nitrogens with one attached hydrogen (secondary N) is 2. The molecule has 36 heavy (non-hydrogen) atoms. The number of carbonyl (C=O) groups is 1. The smallest absolute Gasteiger partial charge is 0.247 e. The Hall–Kier alpha value is -4.40. The highest BCUT2D eigenvalue weighted by Gasteiger charge is 2.27. The molecule has 0 bridgehead atoms. The maximum atomic E-state index is 12.1. The average Bonchev–Trinajstić information content (AvgIpc) is 3.61. The second-order valence-corrected chi connectivity index (χ2v) is 9.23. The quantitative estimate of drug-likeness (QED) is 0.516. The molecule has 12 heteroatoms. The molecule has 1 aromatic carbocycles. The molecule has 180 valence electrons. The Morgan fingerprint density at radius 2 is 1.92 bits per heavy atom. The third-order valence-electron chi connectivity index (χ3n) is 6.39. The van der Waals surface area contributed by atoms with Crippen LogP contribution in [-0.2, 0) is 4.79 Å². The first-order valence-corrected chi connectivity index (χ1v) is 12.0. The number of hydrogen-bond acceptors (Lipinski definition) is 9. The van der Waals surface area contributed by atoms with Gasteiger partial charge in [0.25, 0.3) is 0 Å². The van der Waals surface area contributed by atoms with E-state index in [2.05, 4.69) is 37.8 Å². The van der Waals surface area contributed by atoms with Crippen LogP contribution in [0.25, 0.3) is 5.65 Å². The number of fused-ring (bicyclic) bond motifs is 1. The third-order valence-corrected chi connectivity index (χ3v) is 6.81. The van der Waals surface area contributed by atoms with Crippen LogP contribution >= 0.6 is 11.6 Å². The van der Waals surface area contributed by atoms with Gasteiger partial charge in [-0.2, -0.15) is 25.3 Å². The molecule has 3 heterocycles. The highest BCUT2D eigenvalue weighted by Crippen LogP contribution is 2.39. The van der Waals surface area contributed by atoms with Crippen molar-refractivity contribution in [1.29, 1.82) is 15.8 Å². The number of likely N-dealkylation sites (tertiary alicyclic amines) is 1. The molecular weight excluding hydrogens is 480 g/mol. The lowest BCUT2D eigenvalue weighted by Crippen LogP contribution is -2.37. The molecule has 0 radical (unpaired) electrons. The van der Waals surface area contributed by atoms with Crippen LogP contribution in [0.2, 0.25) is 5.02 Å². The second kappa shape index (κ2) is 9.69. The number of hydrogen-bond donors (Lipinski definition) is 2. The number of aromatic nitrogens is 4. The van der Waals surface area contributed by atoms with Gasteiger partial charge in [-0.25, -0.2) is 4.98 Å². The fraction of sp³-hybridized carbons (Fsp3) is 0.375. The summed E-state index contributed by atoms with van der Waals surface area (Å²) in [7, 11) is 0. The summed E-state index contributed by atoms with van der Waals surface area (Å²) in [4.78, 5) is 22.6. The Kier molecular flexibility index (Phi) is 6.28. The van der Waals surface area contributed by atoms with E-state index in [1.807, 2.05) is 6.07 Å². The van der Waals surface area contributed by atoms with Crippen molar-refractivity contribution in [2.75, 3.05) is 23.7 Å². The summed E-state index contributed by atoms with van der Waals surface area (Å²) in [6.07, 6.45) is 4.72. The van der Waals surface area contributed by atoms with E-state index >= 15 is 0 Å². The number of nitrogens with zero attached hydrogens (tertiary/aromatic N) is 8. The normalized spacial score (nSPS) is 15.7. The molecule has 3 aromatic rings. The van der Waals surface area contributed by atoms with Crippen molar-refractivity contribution in [1.82, 2.24) is 24.5 Å². The number of nitriles is 3. The highest BCUT2D eigenvalue weighted by atomic mass is 35.5. The number of benzene rings is 1. The Labute approximate surface area is 211 Å². The zero-order valence-electron chi connectivity index (χ0n) is 19.2. The number of imidazole rings is 1. The SMILES string of the molecule is N#CCC(=O)N1CCC(c2cc(C#N)cc(Nc3nc(NC4CC4)c4ncc(C#N)n4n3)c2Cl)CC1. The minimum absolute atomic E-state index is 0.0480. The largest absolute Gasteiger partial charge is 0.364 e. The lowest BCUT2D eigenvalue weighted by molar-refractivity contribution is -0.131. The van der Waals surface area contributed by atoms with Gasteiger partial charge in [0, 0.05) is 19.1 Å². The lowest BCUT2D eigenvalue weighted by atomic mass is 9.88. The van der Waals surface area contributed by atoms with E-state index in [1.54, 1.807) is 17.0 Å². The van der Waals surface area contributed by atoms with Gasteiger partial charge in [-0.1, -0.05) is 11.6 Å². The number of halogens is 1. The summed E-state index contributed by atoms with van der Waals surface area (Å²) < 4.78 is 1.43. The fourth-order valence-corrected chi connectivity index (χ4v) is 4.68. The molecule has 2 fully saturated rings. The Morgan fingerprint density at radius 1 is 1.14 bits per heavy atom. The van der Waals surface area contributed by atoms with Crippen molar-refractivity contribution in [2.24, 2.45) is 0 Å². The number of piperidine rings is 1. The van der Waals surface area contributed by atoms with E-state index in [-0.39, 0.29) is 29.9 Å². The summed E-state index contributed by atoms with van der Waals surface area (Å²) >= 11 is 6.82. The topological polar surface area (TPSA) is 159 Å². The van der Waals surface area contributed by atoms with Gasteiger partial charge in [0.1, 0.15) is 12.5 Å². The highest BCUT2D eigenvalue weighted by molar-refractivity contribution is 6.34. The molecule has 1 saturated carbocycles. The third kappa shape index (κ3) is 4.59. The molecule has 1 amide bonds. The van der Waals surface area contributed by atoms with Gasteiger partial charge in [0.2, 0.25) is 11.9 Å². The lowest BCUT2D eigenvalue weighted by Gasteiger charge is -2.32. The molecule has 1 aliphatic carbocycles. The number of rotatable bonds is 6. The van der Waals surface area contributed by atoms with E-state index in [0.717, 1.165) is 18.4 Å². The Bertz CT molecular complexity index is 1470. The monoisotopic (exact) mass is 500 g/mol. The van der Waals surface area contributed by atoms with Crippen molar-refractivity contribution >= 4 is 40.6 Å². The van der Waals surface area contributed by atoms with Gasteiger partial charge < -0.3 is 15.5 Å². The van der Waals surface area contributed by atoms with Crippen molar-refractivity contribution in [3.8, 4) is 18.2 Å². The first-order chi connectivity index (χ1) is 17.5. The molecule has 11 nitrogen and oxygen atoms in total. The maximum absolute atomic E-state index is 12.1. The number of anilines is 3. The van der Waals surface area contributed by atoms with Gasteiger partial charge in [-0.05, 0) is 49.3 Å². The zero-order valence-corrected chi connectivity index (χ0v) is 20.0. The van der Waals surface area contributed by atoms with Crippen LogP contribution in [0, 0.1) is 34.0 Å². The second-order valence-electron chi connectivity index (χ2n) is 8.85. The predicted octanol–water partition coefficient (Wildman–Crippen LogP) is 3.46. The van der Waals surface area contributed by atoms with E-state index in [0.29, 0.717) is 59.7 Å². The molecule has 2 aromatic heterocycles. The van der Waals surface area contributed by atoms with E-state index in [9.17, 15) is 15.3 Å². The predicted molar refractivity (Wildman–Crippen MR) is 130 cm³/mol. The van der Waals surface area contributed by atoms with E-state index in [4.69, 9.17) is 16.9 Å². The molecule has 1 aliphatic heterocycles. The molecule has 5 rings (SSSR count). The minimum Gasteiger partial charge on any atom is -0.364 e. The molecular formula is C24H21ClN10O. The Balaban J connectivity index is 1.45. The van der Waals surface area contributed by atoms with Crippen molar-refractivity contribution in [2.45, 2.75) is 44.1 Å². The summed E-state index contributed by atoms with van der Waals surface area (Å²) in [5, 5.41) is 39.2. The van der Waals surface area contributed by atoms with Gasteiger partial charge in [0.05, 0.1) is 34.6 Å². The average molecular weight is 501 g/mol. The van der Waals surface area contributed by atoms with Crippen molar-refractivity contribution in [3.63, 3.8) is 0 Å². The minimum atomic E-state index is -0.172. The van der Waals surface area contributed by atoms with Crippen LogP contribution in [0.5, 0.6) is 0 Å². The molecule has 2 aliphatic rings. The molecule has 0 spiro atoms. The summed E-state index contributed by atoms with van der Waals surface area (Å²) in [5.74, 6) is 0.597.